The fraction of sp³-hybridized carbons (Fsp3) is 1.00. The van der Waals surface area contributed by atoms with Gasteiger partial charge in [0.1, 0.15) is 0 Å². The standard InChI is InChI=1S/C10H22N2O3S/c1-4-5-16(13,14)12-7-9(6-11)15-10(2,3)8-12/h9H,4-8,11H2,1-3H3. The fourth-order valence-electron chi connectivity index (χ4n) is 1.96. The monoisotopic (exact) mass is 250 g/mol. The molecule has 1 fully saturated rings. The topological polar surface area (TPSA) is 72.6 Å². The molecule has 1 aliphatic rings. The summed E-state index contributed by atoms with van der Waals surface area (Å²) in [5.41, 5.74) is 5.10. The lowest BCUT2D eigenvalue weighted by atomic mass is 10.1. The van der Waals surface area contributed by atoms with Gasteiger partial charge in [-0.2, -0.15) is 4.31 Å². The van der Waals surface area contributed by atoms with Crippen LogP contribution in [0.25, 0.3) is 0 Å². The quantitative estimate of drug-likeness (QED) is 0.771. The molecule has 1 aliphatic heterocycles. The molecule has 0 spiro atoms. The number of rotatable bonds is 4. The van der Waals surface area contributed by atoms with Crippen LogP contribution in [0, 0.1) is 0 Å². The van der Waals surface area contributed by atoms with E-state index in [1.807, 2.05) is 20.8 Å². The molecule has 16 heavy (non-hydrogen) atoms. The first-order valence-corrected chi connectivity index (χ1v) is 7.27. The average molecular weight is 250 g/mol. The Balaban J connectivity index is 2.81. The molecule has 0 aromatic carbocycles. The molecule has 96 valence electrons. The summed E-state index contributed by atoms with van der Waals surface area (Å²) in [6.07, 6.45) is 0.434. The molecule has 1 heterocycles. The first-order chi connectivity index (χ1) is 7.30. The van der Waals surface area contributed by atoms with Crippen molar-refractivity contribution in [2.45, 2.75) is 38.9 Å². The molecule has 6 heteroatoms. The van der Waals surface area contributed by atoms with Crippen LogP contribution < -0.4 is 5.73 Å². The van der Waals surface area contributed by atoms with Crippen molar-refractivity contribution in [1.29, 1.82) is 0 Å². The van der Waals surface area contributed by atoms with E-state index >= 15 is 0 Å². The van der Waals surface area contributed by atoms with Crippen molar-refractivity contribution in [2.75, 3.05) is 25.4 Å². The van der Waals surface area contributed by atoms with Crippen molar-refractivity contribution in [2.24, 2.45) is 5.73 Å². The van der Waals surface area contributed by atoms with E-state index in [2.05, 4.69) is 0 Å². The summed E-state index contributed by atoms with van der Waals surface area (Å²) < 4.78 is 31.1. The molecule has 0 amide bonds. The van der Waals surface area contributed by atoms with E-state index in [1.54, 1.807) is 0 Å². The molecule has 1 saturated heterocycles. The zero-order valence-corrected chi connectivity index (χ0v) is 11.1. The van der Waals surface area contributed by atoms with Gasteiger partial charge in [0.2, 0.25) is 10.0 Å². The van der Waals surface area contributed by atoms with Crippen LogP contribution in [-0.2, 0) is 14.8 Å². The van der Waals surface area contributed by atoms with Crippen molar-refractivity contribution in [3.63, 3.8) is 0 Å². The molecular formula is C10H22N2O3S. The SMILES string of the molecule is CCCS(=O)(=O)N1CC(CN)OC(C)(C)C1. The summed E-state index contributed by atoms with van der Waals surface area (Å²) in [6, 6.07) is 0. The molecule has 0 radical (unpaired) electrons. The van der Waals surface area contributed by atoms with Crippen LogP contribution in [0.3, 0.4) is 0 Å². The van der Waals surface area contributed by atoms with Gasteiger partial charge in [-0.3, -0.25) is 0 Å². The number of ether oxygens (including phenoxy) is 1. The Hall–Kier alpha value is -0.170. The molecular weight excluding hydrogens is 228 g/mol. The van der Waals surface area contributed by atoms with Gasteiger partial charge in [-0.05, 0) is 20.3 Å². The molecule has 0 aromatic heterocycles. The van der Waals surface area contributed by atoms with E-state index in [9.17, 15) is 8.42 Å². The van der Waals surface area contributed by atoms with Crippen LogP contribution in [0.1, 0.15) is 27.2 Å². The molecule has 0 saturated carbocycles. The smallest absolute Gasteiger partial charge is 0.214 e. The molecule has 0 aliphatic carbocycles. The van der Waals surface area contributed by atoms with Crippen molar-refractivity contribution >= 4 is 10.0 Å². The molecule has 1 atom stereocenters. The molecule has 1 rings (SSSR count). The second kappa shape index (κ2) is 5.00. The van der Waals surface area contributed by atoms with E-state index in [0.717, 1.165) is 0 Å². The maximum absolute atomic E-state index is 12.0. The minimum atomic E-state index is -3.15. The van der Waals surface area contributed by atoms with E-state index in [1.165, 1.54) is 4.31 Å². The number of hydrogen-bond acceptors (Lipinski definition) is 4. The minimum absolute atomic E-state index is 0.195. The van der Waals surface area contributed by atoms with Crippen molar-refractivity contribution in [1.82, 2.24) is 4.31 Å². The Morgan fingerprint density at radius 3 is 2.62 bits per heavy atom. The summed E-state index contributed by atoms with van der Waals surface area (Å²) in [5, 5.41) is 0. The van der Waals surface area contributed by atoms with E-state index in [4.69, 9.17) is 10.5 Å². The van der Waals surface area contributed by atoms with Gasteiger partial charge in [-0.25, -0.2) is 8.42 Å². The molecule has 1 unspecified atom stereocenters. The van der Waals surface area contributed by atoms with Gasteiger partial charge in [0, 0.05) is 19.6 Å². The van der Waals surface area contributed by atoms with Gasteiger partial charge >= 0.3 is 0 Å². The summed E-state index contributed by atoms with van der Waals surface area (Å²) in [6.45, 7) is 6.78. The van der Waals surface area contributed by atoms with Crippen LogP contribution in [0.15, 0.2) is 0 Å². The lowest BCUT2D eigenvalue weighted by molar-refractivity contribution is -0.112. The van der Waals surface area contributed by atoms with Crippen LogP contribution in [0.2, 0.25) is 0 Å². The lowest BCUT2D eigenvalue weighted by Gasteiger charge is -2.41. The molecule has 5 nitrogen and oxygen atoms in total. The van der Waals surface area contributed by atoms with E-state index < -0.39 is 15.6 Å². The van der Waals surface area contributed by atoms with Crippen molar-refractivity contribution < 1.29 is 13.2 Å². The van der Waals surface area contributed by atoms with Gasteiger partial charge in [0.05, 0.1) is 17.5 Å². The number of nitrogens with zero attached hydrogens (tertiary/aromatic N) is 1. The number of nitrogens with two attached hydrogens (primary N) is 1. The maximum Gasteiger partial charge on any atom is 0.214 e. The normalized spacial score (nSPS) is 26.9. The summed E-state index contributed by atoms with van der Waals surface area (Å²) >= 11 is 0. The van der Waals surface area contributed by atoms with Gasteiger partial charge in [-0.1, -0.05) is 6.92 Å². The van der Waals surface area contributed by atoms with Gasteiger partial charge in [-0.15, -0.1) is 0 Å². The Morgan fingerprint density at radius 1 is 1.50 bits per heavy atom. The average Bonchev–Trinajstić information content (AvgIpc) is 2.15. The largest absolute Gasteiger partial charge is 0.368 e. The van der Waals surface area contributed by atoms with E-state index in [-0.39, 0.29) is 11.9 Å². The second-order valence-corrected chi connectivity index (χ2v) is 6.93. The lowest BCUT2D eigenvalue weighted by Crippen LogP contribution is -2.56. The summed E-state index contributed by atoms with van der Waals surface area (Å²) in [5.74, 6) is 0.195. The third-order valence-electron chi connectivity index (χ3n) is 2.57. The number of hydrogen-bond donors (Lipinski definition) is 1. The Labute approximate surface area is 98.0 Å². The highest BCUT2D eigenvalue weighted by molar-refractivity contribution is 7.89. The Bertz CT molecular complexity index is 327. The highest BCUT2D eigenvalue weighted by Gasteiger charge is 2.37. The first-order valence-electron chi connectivity index (χ1n) is 5.66. The van der Waals surface area contributed by atoms with Crippen LogP contribution in [-0.4, -0.2) is 49.8 Å². The highest BCUT2D eigenvalue weighted by atomic mass is 32.2. The van der Waals surface area contributed by atoms with Gasteiger partial charge < -0.3 is 10.5 Å². The Morgan fingerprint density at radius 2 is 2.12 bits per heavy atom. The van der Waals surface area contributed by atoms with Gasteiger partial charge in [0.15, 0.2) is 0 Å². The van der Waals surface area contributed by atoms with Gasteiger partial charge in [0.25, 0.3) is 0 Å². The predicted octanol–water partition coefficient (Wildman–Crippen LogP) is 0.164. The maximum atomic E-state index is 12.0. The fourth-order valence-corrected chi connectivity index (χ4v) is 3.64. The van der Waals surface area contributed by atoms with Crippen molar-refractivity contribution in [3.05, 3.63) is 0 Å². The van der Waals surface area contributed by atoms with Crippen molar-refractivity contribution in [3.8, 4) is 0 Å². The first kappa shape index (κ1) is 13.9. The van der Waals surface area contributed by atoms with E-state index in [0.29, 0.717) is 26.1 Å². The highest BCUT2D eigenvalue weighted by Crippen LogP contribution is 2.23. The number of sulfonamides is 1. The number of morpholine rings is 1. The third kappa shape index (κ3) is 3.41. The Kier molecular flexibility index (Phi) is 4.34. The summed E-state index contributed by atoms with van der Waals surface area (Å²) in [4.78, 5) is 0. The molecule has 0 aromatic rings. The molecule has 0 bridgehead atoms. The molecule has 2 N–H and O–H groups in total. The van der Waals surface area contributed by atoms with Crippen LogP contribution in [0.5, 0.6) is 0 Å². The second-order valence-electron chi connectivity index (χ2n) is 4.84. The zero-order chi connectivity index (χ0) is 12.4. The summed E-state index contributed by atoms with van der Waals surface area (Å²) in [7, 11) is -3.15. The third-order valence-corrected chi connectivity index (χ3v) is 4.56. The predicted molar refractivity (Wildman–Crippen MR) is 63.7 cm³/mol. The van der Waals surface area contributed by atoms with Crippen LogP contribution in [0.4, 0.5) is 0 Å². The minimum Gasteiger partial charge on any atom is -0.368 e. The zero-order valence-electron chi connectivity index (χ0n) is 10.3. The van der Waals surface area contributed by atoms with Crippen LogP contribution >= 0.6 is 0 Å².